The Balaban J connectivity index is 2.72. The Bertz CT molecular complexity index is 347. The minimum Gasteiger partial charge on any atom is -0.388 e. The second kappa shape index (κ2) is 4.98. The van der Waals surface area contributed by atoms with Gasteiger partial charge in [-0.3, -0.25) is 14.5 Å². The number of carbonyl (C=O) groups is 2. The van der Waals surface area contributed by atoms with Crippen LogP contribution in [0.2, 0.25) is 0 Å². The number of β-amino-alcohol motifs (C(OH)–C–C–N with tert-alkyl or cyclic N) is 1. The number of ether oxygens (including phenoxy) is 1. The van der Waals surface area contributed by atoms with Gasteiger partial charge in [0.1, 0.15) is 0 Å². The third-order valence-electron chi connectivity index (χ3n) is 3.04. The van der Waals surface area contributed by atoms with Gasteiger partial charge in [0, 0.05) is 31.3 Å². The molecule has 17 heavy (non-hydrogen) atoms. The lowest BCUT2D eigenvalue weighted by molar-refractivity contribution is -0.141. The van der Waals surface area contributed by atoms with Crippen LogP contribution in [0.15, 0.2) is 11.1 Å². The molecule has 1 atom stereocenters. The minimum absolute atomic E-state index is 0.00269. The fourth-order valence-corrected chi connectivity index (χ4v) is 1.70. The highest BCUT2D eigenvalue weighted by Gasteiger charge is 2.37. The van der Waals surface area contributed by atoms with E-state index >= 15 is 0 Å². The molecule has 5 nitrogen and oxygen atoms in total. The molecule has 1 aliphatic heterocycles. The molecule has 0 aliphatic carbocycles. The molecular formula is C12H19NO4. The van der Waals surface area contributed by atoms with Crippen LogP contribution in [-0.4, -0.2) is 47.7 Å². The molecule has 1 unspecified atom stereocenters. The topological polar surface area (TPSA) is 66.8 Å². The summed E-state index contributed by atoms with van der Waals surface area (Å²) in [5.74, 6) is -0.629. The van der Waals surface area contributed by atoms with Crippen molar-refractivity contribution in [2.24, 2.45) is 0 Å². The molecule has 0 aromatic carbocycles. The average Bonchev–Trinajstić information content (AvgIpc) is 2.44. The Morgan fingerprint density at radius 2 is 1.71 bits per heavy atom. The van der Waals surface area contributed by atoms with Gasteiger partial charge in [0.05, 0.1) is 12.1 Å². The lowest BCUT2D eigenvalue weighted by Crippen LogP contribution is -2.45. The SMILES string of the molecule is COCCC(C)(O)CN1C(=O)C(C)=C(C)C1=O. The molecule has 2 amide bonds. The van der Waals surface area contributed by atoms with Gasteiger partial charge >= 0.3 is 0 Å². The minimum atomic E-state index is -1.12. The maximum atomic E-state index is 11.8. The van der Waals surface area contributed by atoms with Crippen molar-refractivity contribution in [3.8, 4) is 0 Å². The monoisotopic (exact) mass is 241 g/mol. The van der Waals surface area contributed by atoms with E-state index in [1.807, 2.05) is 0 Å². The van der Waals surface area contributed by atoms with Gasteiger partial charge in [-0.2, -0.15) is 0 Å². The van der Waals surface area contributed by atoms with Crippen LogP contribution in [0.5, 0.6) is 0 Å². The van der Waals surface area contributed by atoms with Crippen LogP contribution in [0.1, 0.15) is 27.2 Å². The summed E-state index contributed by atoms with van der Waals surface area (Å²) in [6.07, 6.45) is 0.374. The van der Waals surface area contributed by atoms with Crippen molar-refractivity contribution in [3.63, 3.8) is 0 Å². The summed E-state index contributed by atoms with van der Waals surface area (Å²) in [5, 5.41) is 10.1. The van der Waals surface area contributed by atoms with Crippen LogP contribution >= 0.6 is 0 Å². The van der Waals surface area contributed by atoms with Crippen LogP contribution < -0.4 is 0 Å². The average molecular weight is 241 g/mol. The predicted molar refractivity (Wildman–Crippen MR) is 62.2 cm³/mol. The predicted octanol–water partition coefficient (Wildman–Crippen LogP) is 0.479. The highest BCUT2D eigenvalue weighted by Crippen LogP contribution is 2.23. The number of imide groups is 1. The van der Waals surface area contributed by atoms with Crippen molar-refractivity contribution in [3.05, 3.63) is 11.1 Å². The molecule has 1 N–H and O–H groups in total. The first-order chi connectivity index (χ1) is 7.80. The van der Waals surface area contributed by atoms with E-state index in [4.69, 9.17) is 4.74 Å². The standard InChI is InChI=1S/C12H19NO4/c1-8-9(2)11(15)13(10(8)14)7-12(3,16)5-6-17-4/h16H,5-7H2,1-4H3. The van der Waals surface area contributed by atoms with Gasteiger partial charge in [0.15, 0.2) is 0 Å². The normalized spacial score (nSPS) is 20.2. The number of nitrogens with zero attached hydrogens (tertiary/aromatic N) is 1. The zero-order chi connectivity index (χ0) is 13.2. The van der Waals surface area contributed by atoms with Crippen molar-refractivity contribution in [1.82, 2.24) is 4.90 Å². The number of rotatable bonds is 5. The first kappa shape index (κ1) is 13.9. The summed E-state index contributed by atoms with van der Waals surface area (Å²) in [6.45, 7) is 5.23. The molecule has 96 valence electrons. The molecule has 0 saturated heterocycles. The van der Waals surface area contributed by atoms with Crippen LogP contribution in [-0.2, 0) is 14.3 Å². The number of hydrogen-bond acceptors (Lipinski definition) is 4. The summed E-state index contributed by atoms with van der Waals surface area (Å²) < 4.78 is 4.88. The van der Waals surface area contributed by atoms with Crippen molar-refractivity contribution in [1.29, 1.82) is 0 Å². The zero-order valence-corrected chi connectivity index (χ0v) is 10.7. The first-order valence-electron chi connectivity index (χ1n) is 5.55. The van der Waals surface area contributed by atoms with Gasteiger partial charge in [-0.05, 0) is 20.8 Å². The van der Waals surface area contributed by atoms with Gasteiger partial charge in [-0.15, -0.1) is 0 Å². The summed E-state index contributed by atoms with van der Waals surface area (Å²) in [4.78, 5) is 24.7. The molecule has 0 spiro atoms. The van der Waals surface area contributed by atoms with Crippen LogP contribution in [0, 0.1) is 0 Å². The van der Waals surface area contributed by atoms with Crippen molar-refractivity contribution in [2.45, 2.75) is 32.8 Å². The van der Waals surface area contributed by atoms with E-state index in [0.29, 0.717) is 24.2 Å². The van der Waals surface area contributed by atoms with E-state index in [2.05, 4.69) is 0 Å². The number of carbonyl (C=O) groups excluding carboxylic acids is 2. The molecule has 1 aliphatic rings. The second-order valence-electron chi connectivity index (χ2n) is 4.69. The van der Waals surface area contributed by atoms with Crippen LogP contribution in [0.3, 0.4) is 0 Å². The highest BCUT2D eigenvalue weighted by atomic mass is 16.5. The van der Waals surface area contributed by atoms with Gasteiger partial charge in [0.25, 0.3) is 11.8 Å². The molecule has 0 aromatic heterocycles. The van der Waals surface area contributed by atoms with E-state index < -0.39 is 5.60 Å². The fraction of sp³-hybridized carbons (Fsp3) is 0.667. The Hall–Kier alpha value is -1.20. The van der Waals surface area contributed by atoms with E-state index in [0.717, 1.165) is 4.90 Å². The van der Waals surface area contributed by atoms with Gasteiger partial charge in [0.2, 0.25) is 0 Å². The highest BCUT2D eigenvalue weighted by molar-refractivity contribution is 6.18. The van der Waals surface area contributed by atoms with Crippen molar-refractivity contribution in [2.75, 3.05) is 20.3 Å². The molecule has 0 fully saturated rings. The summed E-state index contributed by atoms with van der Waals surface area (Å²) in [5.41, 5.74) is -0.207. The Kier molecular flexibility index (Phi) is 4.06. The van der Waals surface area contributed by atoms with Crippen molar-refractivity contribution < 1.29 is 19.4 Å². The molecule has 0 bridgehead atoms. The lowest BCUT2D eigenvalue weighted by atomic mass is 10.0. The molecule has 0 radical (unpaired) electrons. The maximum absolute atomic E-state index is 11.8. The van der Waals surface area contributed by atoms with E-state index in [1.165, 1.54) is 7.11 Å². The van der Waals surface area contributed by atoms with Gasteiger partial charge in [-0.25, -0.2) is 0 Å². The van der Waals surface area contributed by atoms with Crippen LogP contribution in [0.4, 0.5) is 0 Å². The van der Waals surface area contributed by atoms with Gasteiger partial charge in [-0.1, -0.05) is 0 Å². The van der Waals surface area contributed by atoms with Crippen LogP contribution in [0.25, 0.3) is 0 Å². The second-order valence-corrected chi connectivity index (χ2v) is 4.69. The molecule has 1 heterocycles. The summed E-state index contributed by atoms with van der Waals surface area (Å²) >= 11 is 0. The third kappa shape index (κ3) is 2.92. The number of aliphatic hydroxyl groups is 1. The molecule has 5 heteroatoms. The Labute approximate surface area is 101 Å². The largest absolute Gasteiger partial charge is 0.388 e. The zero-order valence-electron chi connectivity index (χ0n) is 10.7. The Morgan fingerprint density at radius 1 is 1.24 bits per heavy atom. The molecule has 0 aromatic rings. The molecule has 1 rings (SSSR count). The quantitative estimate of drug-likeness (QED) is 0.711. The van der Waals surface area contributed by atoms with E-state index in [-0.39, 0.29) is 18.4 Å². The number of hydrogen-bond donors (Lipinski definition) is 1. The van der Waals surface area contributed by atoms with Crippen molar-refractivity contribution >= 4 is 11.8 Å². The number of methoxy groups -OCH3 is 1. The van der Waals surface area contributed by atoms with Gasteiger partial charge < -0.3 is 9.84 Å². The summed E-state index contributed by atoms with van der Waals surface area (Å²) in [7, 11) is 1.54. The smallest absolute Gasteiger partial charge is 0.256 e. The third-order valence-corrected chi connectivity index (χ3v) is 3.04. The Morgan fingerprint density at radius 3 is 2.12 bits per heavy atom. The summed E-state index contributed by atoms with van der Waals surface area (Å²) in [6, 6.07) is 0. The fourth-order valence-electron chi connectivity index (χ4n) is 1.70. The van der Waals surface area contributed by atoms with E-state index in [9.17, 15) is 14.7 Å². The first-order valence-corrected chi connectivity index (χ1v) is 5.55. The van der Waals surface area contributed by atoms with E-state index in [1.54, 1.807) is 20.8 Å². The molecular weight excluding hydrogens is 222 g/mol. The number of amides is 2. The molecule has 0 saturated carbocycles. The lowest BCUT2D eigenvalue weighted by Gasteiger charge is -2.27. The maximum Gasteiger partial charge on any atom is 0.256 e.